The minimum Gasteiger partial charge on any atom is -0.495 e. The minimum absolute atomic E-state index is 0.641. The molecule has 0 bridgehead atoms. The zero-order valence-electron chi connectivity index (χ0n) is 6.61. The SMILES string of the molecule is C=CC(=C)OCC.CC. The van der Waals surface area contributed by atoms with Crippen LogP contribution in [0.5, 0.6) is 0 Å². The van der Waals surface area contributed by atoms with Gasteiger partial charge in [-0.3, -0.25) is 0 Å². The van der Waals surface area contributed by atoms with E-state index >= 15 is 0 Å². The van der Waals surface area contributed by atoms with Crippen LogP contribution in [-0.4, -0.2) is 6.61 Å². The molecule has 9 heavy (non-hydrogen) atoms. The average Bonchev–Trinajstić information content (AvgIpc) is 1.93. The third-order valence-corrected chi connectivity index (χ3v) is 0.557. The molecule has 0 unspecified atom stereocenters. The fraction of sp³-hybridized carbons (Fsp3) is 0.500. The van der Waals surface area contributed by atoms with Gasteiger partial charge < -0.3 is 4.74 Å². The van der Waals surface area contributed by atoms with Crippen molar-refractivity contribution < 1.29 is 4.74 Å². The van der Waals surface area contributed by atoms with Crippen LogP contribution in [0.2, 0.25) is 0 Å². The van der Waals surface area contributed by atoms with Gasteiger partial charge in [-0.15, -0.1) is 0 Å². The van der Waals surface area contributed by atoms with Gasteiger partial charge in [0.05, 0.1) is 6.61 Å². The van der Waals surface area contributed by atoms with Crippen LogP contribution in [0.1, 0.15) is 20.8 Å². The van der Waals surface area contributed by atoms with E-state index in [1.165, 1.54) is 0 Å². The molecule has 1 heteroatoms. The van der Waals surface area contributed by atoms with Crippen molar-refractivity contribution in [2.75, 3.05) is 6.61 Å². The van der Waals surface area contributed by atoms with E-state index in [2.05, 4.69) is 13.2 Å². The van der Waals surface area contributed by atoms with Crippen LogP contribution in [0.25, 0.3) is 0 Å². The largest absolute Gasteiger partial charge is 0.495 e. The van der Waals surface area contributed by atoms with Gasteiger partial charge in [-0.2, -0.15) is 0 Å². The standard InChI is InChI=1S/C6H10O.C2H6/c1-4-6(3)7-5-2;1-2/h4H,1,3,5H2,2H3;1-2H3. The molecule has 0 amide bonds. The van der Waals surface area contributed by atoms with Gasteiger partial charge in [-0.25, -0.2) is 0 Å². The van der Waals surface area contributed by atoms with Gasteiger partial charge >= 0.3 is 0 Å². The average molecular weight is 128 g/mol. The van der Waals surface area contributed by atoms with Gasteiger partial charge in [0, 0.05) is 0 Å². The molecule has 0 atom stereocenters. The normalized spacial score (nSPS) is 6.56. The Morgan fingerprint density at radius 2 is 2.00 bits per heavy atom. The lowest BCUT2D eigenvalue weighted by Gasteiger charge is -1.97. The Morgan fingerprint density at radius 3 is 2.11 bits per heavy atom. The van der Waals surface area contributed by atoms with Crippen LogP contribution < -0.4 is 0 Å². The molecule has 0 N–H and O–H groups in total. The summed E-state index contributed by atoms with van der Waals surface area (Å²) in [5.41, 5.74) is 0. The number of allylic oxidation sites excluding steroid dienone is 1. The van der Waals surface area contributed by atoms with Crippen molar-refractivity contribution >= 4 is 0 Å². The second kappa shape index (κ2) is 10.3. The lowest BCUT2D eigenvalue weighted by molar-refractivity contribution is 0.244. The first-order chi connectivity index (χ1) is 4.31. The van der Waals surface area contributed by atoms with E-state index in [-0.39, 0.29) is 0 Å². The lowest BCUT2D eigenvalue weighted by atomic mass is 10.5. The Labute approximate surface area is 58.0 Å². The second-order valence-electron chi connectivity index (χ2n) is 1.10. The summed E-state index contributed by atoms with van der Waals surface area (Å²) in [4.78, 5) is 0. The number of rotatable bonds is 3. The summed E-state index contributed by atoms with van der Waals surface area (Å²) in [6.07, 6.45) is 1.59. The molecule has 0 radical (unpaired) electrons. The molecule has 0 aliphatic heterocycles. The molecule has 0 saturated heterocycles. The van der Waals surface area contributed by atoms with Gasteiger partial charge in [0.15, 0.2) is 0 Å². The fourth-order valence-electron chi connectivity index (χ4n) is 0.244. The summed E-state index contributed by atoms with van der Waals surface area (Å²) in [7, 11) is 0. The smallest absolute Gasteiger partial charge is 0.111 e. The topological polar surface area (TPSA) is 9.23 Å². The lowest BCUT2D eigenvalue weighted by Crippen LogP contribution is -1.83. The highest BCUT2D eigenvalue weighted by Crippen LogP contribution is 1.90. The Kier molecular flexibility index (Phi) is 12.7. The molecule has 0 aliphatic carbocycles. The molecule has 0 saturated carbocycles. The van der Waals surface area contributed by atoms with Crippen LogP contribution in [0.4, 0.5) is 0 Å². The van der Waals surface area contributed by atoms with Gasteiger partial charge in [0.25, 0.3) is 0 Å². The van der Waals surface area contributed by atoms with E-state index in [0.717, 1.165) is 0 Å². The van der Waals surface area contributed by atoms with Crippen molar-refractivity contribution in [3.63, 3.8) is 0 Å². The van der Waals surface area contributed by atoms with E-state index in [9.17, 15) is 0 Å². The first-order valence-corrected chi connectivity index (χ1v) is 3.25. The van der Waals surface area contributed by atoms with Crippen LogP contribution in [-0.2, 0) is 4.74 Å². The molecule has 0 aliphatic rings. The molecular weight excluding hydrogens is 112 g/mol. The van der Waals surface area contributed by atoms with E-state index in [1.54, 1.807) is 6.08 Å². The maximum absolute atomic E-state index is 4.88. The molecule has 0 rings (SSSR count). The molecule has 1 nitrogen and oxygen atoms in total. The Morgan fingerprint density at radius 1 is 1.56 bits per heavy atom. The van der Waals surface area contributed by atoms with Crippen LogP contribution in [0.3, 0.4) is 0 Å². The fourth-order valence-corrected chi connectivity index (χ4v) is 0.244. The molecule has 0 aromatic carbocycles. The van der Waals surface area contributed by atoms with Crippen molar-refractivity contribution in [2.45, 2.75) is 20.8 Å². The summed E-state index contributed by atoms with van der Waals surface area (Å²) in [5, 5.41) is 0. The molecule has 0 fully saturated rings. The Bertz CT molecular complexity index is 74.6. The van der Waals surface area contributed by atoms with E-state index in [4.69, 9.17) is 4.74 Å². The highest BCUT2D eigenvalue weighted by atomic mass is 16.5. The summed E-state index contributed by atoms with van der Waals surface area (Å²) >= 11 is 0. The monoisotopic (exact) mass is 128 g/mol. The minimum atomic E-state index is 0.641. The number of hydrogen-bond acceptors (Lipinski definition) is 1. The predicted octanol–water partition coefficient (Wildman–Crippen LogP) is 2.75. The van der Waals surface area contributed by atoms with Gasteiger partial charge in [-0.1, -0.05) is 27.0 Å². The van der Waals surface area contributed by atoms with Crippen molar-refractivity contribution in [3.05, 3.63) is 25.0 Å². The van der Waals surface area contributed by atoms with Crippen LogP contribution >= 0.6 is 0 Å². The van der Waals surface area contributed by atoms with Crippen molar-refractivity contribution in [3.8, 4) is 0 Å². The molecule has 0 spiro atoms. The maximum Gasteiger partial charge on any atom is 0.111 e. The molecule has 54 valence electrons. The number of hydrogen-bond donors (Lipinski definition) is 0. The molecule has 0 aromatic heterocycles. The third-order valence-electron chi connectivity index (χ3n) is 0.557. The predicted molar refractivity (Wildman–Crippen MR) is 42.3 cm³/mol. The van der Waals surface area contributed by atoms with Crippen molar-refractivity contribution in [2.24, 2.45) is 0 Å². The highest BCUT2D eigenvalue weighted by molar-refractivity contribution is 5.01. The van der Waals surface area contributed by atoms with Gasteiger partial charge in [0.1, 0.15) is 5.76 Å². The van der Waals surface area contributed by atoms with E-state index in [0.29, 0.717) is 12.4 Å². The Balaban J connectivity index is 0. The number of ether oxygens (including phenoxy) is 1. The van der Waals surface area contributed by atoms with Crippen LogP contribution in [0, 0.1) is 0 Å². The Hall–Kier alpha value is -0.720. The van der Waals surface area contributed by atoms with Crippen LogP contribution in [0.15, 0.2) is 25.0 Å². The first-order valence-electron chi connectivity index (χ1n) is 3.25. The molecule has 0 aromatic rings. The first kappa shape index (κ1) is 11.1. The van der Waals surface area contributed by atoms with Gasteiger partial charge in [0.2, 0.25) is 0 Å². The summed E-state index contributed by atoms with van der Waals surface area (Å²) in [6, 6.07) is 0. The van der Waals surface area contributed by atoms with Crippen molar-refractivity contribution in [1.82, 2.24) is 0 Å². The molecular formula is C8H16O. The third kappa shape index (κ3) is 11.1. The maximum atomic E-state index is 4.88. The molecule has 0 heterocycles. The van der Waals surface area contributed by atoms with Gasteiger partial charge in [-0.05, 0) is 13.0 Å². The van der Waals surface area contributed by atoms with E-state index < -0.39 is 0 Å². The zero-order chi connectivity index (χ0) is 7.70. The zero-order valence-corrected chi connectivity index (χ0v) is 6.61. The van der Waals surface area contributed by atoms with Crippen molar-refractivity contribution in [1.29, 1.82) is 0 Å². The quantitative estimate of drug-likeness (QED) is 0.419. The highest BCUT2D eigenvalue weighted by Gasteiger charge is 1.77. The summed E-state index contributed by atoms with van der Waals surface area (Å²) in [5.74, 6) is 0.641. The second-order valence-corrected chi connectivity index (χ2v) is 1.10. The summed E-state index contributed by atoms with van der Waals surface area (Å²) < 4.78 is 4.88. The van der Waals surface area contributed by atoms with E-state index in [1.807, 2.05) is 20.8 Å². The summed E-state index contributed by atoms with van der Waals surface area (Å²) in [6.45, 7) is 13.6.